The van der Waals surface area contributed by atoms with Crippen LogP contribution in [0.5, 0.6) is 0 Å². The lowest BCUT2D eigenvalue weighted by molar-refractivity contribution is 1.18. The van der Waals surface area contributed by atoms with Gasteiger partial charge in [0.2, 0.25) is 0 Å². The molecule has 0 aliphatic heterocycles. The van der Waals surface area contributed by atoms with Gasteiger partial charge in [0, 0.05) is 21.2 Å². The topological polar surface area (TPSA) is 25.8 Å². The van der Waals surface area contributed by atoms with Gasteiger partial charge in [0.15, 0.2) is 5.82 Å². The molecule has 5 aromatic carbocycles. The summed E-state index contributed by atoms with van der Waals surface area (Å²) in [6.45, 7) is 0. The van der Waals surface area contributed by atoms with Gasteiger partial charge in [0.05, 0.1) is 11.4 Å². The summed E-state index contributed by atoms with van der Waals surface area (Å²) in [6, 6.07) is 48.2. The average molecular weight is 539 g/mol. The van der Waals surface area contributed by atoms with E-state index >= 15 is 0 Å². The van der Waals surface area contributed by atoms with E-state index in [1.165, 1.54) is 16.7 Å². The van der Waals surface area contributed by atoms with Gasteiger partial charge in [-0.25, -0.2) is 9.97 Å². The molecular weight excluding hydrogens is 516 g/mol. The third kappa shape index (κ3) is 5.13. The van der Waals surface area contributed by atoms with Gasteiger partial charge >= 0.3 is 0 Å². The van der Waals surface area contributed by atoms with Crippen LogP contribution in [0, 0.1) is 0 Å². The molecule has 0 N–H and O–H groups in total. The molecule has 0 unspecified atom stereocenters. The molecule has 6 rings (SSSR count). The van der Waals surface area contributed by atoms with Crippen LogP contribution >= 0.6 is 15.9 Å². The number of hydrogen-bond acceptors (Lipinski definition) is 2. The van der Waals surface area contributed by atoms with Crippen molar-refractivity contribution in [2.24, 2.45) is 0 Å². The lowest BCUT2D eigenvalue weighted by Crippen LogP contribution is -1.96. The highest BCUT2D eigenvalue weighted by Crippen LogP contribution is 2.31. The van der Waals surface area contributed by atoms with Crippen LogP contribution in [0.1, 0.15) is 0 Å². The van der Waals surface area contributed by atoms with Crippen molar-refractivity contribution in [3.63, 3.8) is 0 Å². The maximum absolute atomic E-state index is 4.98. The maximum atomic E-state index is 4.98. The predicted octanol–water partition coefficient (Wildman–Crippen LogP) is 9.57. The second-order valence-electron chi connectivity index (χ2n) is 8.86. The van der Waals surface area contributed by atoms with E-state index in [9.17, 15) is 0 Å². The van der Waals surface area contributed by atoms with Crippen LogP contribution in [0.4, 0.5) is 0 Å². The first-order valence-corrected chi connectivity index (χ1v) is 13.0. The number of rotatable bonds is 5. The highest BCUT2D eigenvalue weighted by atomic mass is 79.9. The molecule has 6 aromatic rings. The molecular formula is C34H23BrN2. The van der Waals surface area contributed by atoms with Crippen molar-refractivity contribution in [1.29, 1.82) is 0 Å². The monoisotopic (exact) mass is 538 g/mol. The molecule has 0 radical (unpaired) electrons. The summed E-state index contributed by atoms with van der Waals surface area (Å²) >= 11 is 3.57. The summed E-state index contributed by atoms with van der Waals surface area (Å²) < 4.78 is 1.08. The molecule has 0 bridgehead atoms. The zero-order valence-electron chi connectivity index (χ0n) is 20.1. The van der Waals surface area contributed by atoms with E-state index in [-0.39, 0.29) is 0 Å². The van der Waals surface area contributed by atoms with Gasteiger partial charge < -0.3 is 0 Å². The van der Waals surface area contributed by atoms with Crippen molar-refractivity contribution in [1.82, 2.24) is 9.97 Å². The molecule has 0 atom stereocenters. The summed E-state index contributed by atoms with van der Waals surface area (Å²) in [7, 11) is 0. The van der Waals surface area contributed by atoms with E-state index in [1.54, 1.807) is 0 Å². The molecule has 0 aliphatic rings. The lowest BCUT2D eigenvalue weighted by atomic mass is 9.98. The Morgan fingerprint density at radius 1 is 0.351 bits per heavy atom. The number of nitrogens with zero attached hydrogens (tertiary/aromatic N) is 2. The molecule has 0 spiro atoms. The molecule has 0 fully saturated rings. The summed E-state index contributed by atoms with van der Waals surface area (Å²) in [5.41, 5.74) is 9.65. The van der Waals surface area contributed by atoms with Crippen molar-refractivity contribution < 1.29 is 0 Å². The molecule has 176 valence electrons. The van der Waals surface area contributed by atoms with Crippen LogP contribution in [0.25, 0.3) is 56.2 Å². The van der Waals surface area contributed by atoms with E-state index in [1.807, 2.05) is 42.5 Å². The van der Waals surface area contributed by atoms with Crippen LogP contribution in [-0.4, -0.2) is 9.97 Å². The standard InChI is InChI=1S/C34H23BrN2/c35-31-16-8-14-29(22-31)25-19-17-24(18-20-25)28-13-7-15-30(21-28)33-23-32(26-9-3-1-4-10-26)36-34(37-33)27-11-5-2-6-12-27/h1-23H. The third-order valence-electron chi connectivity index (χ3n) is 6.36. The SMILES string of the molecule is Brc1cccc(-c2ccc(-c3cccc(-c4cc(-c5ccccc5)nc(-c5ccccc5)n4)c3)cc2)c1. The van der Waals surface area contributed by atoms with Gasteiger partial charge in [0.25, 0.3) is 0 Å². The quantitative estimate of drug-likeness (QED) is 0.218. The Labute approximate surface area is 225 Å². The van der Waals surface area contributed by atoms with Crippen LogP contribution in [0.3, 0.4) is 0 Å². The maximum Gasteiger partial charge on any atom is 0.160 e. The summed E-state index contributed by atoms with van der Waals surface area (Å²) in [5, 5.41) is 0. The Hall–Kier alpha value is -4.34. The van der Waals surface area contributed by atoms with Crippen molar-refractivity contribution in [2.45, 2.75) is 0 Å². The molecule has 37 heavy (non-hydrogen) atoms. The minimum atomic E-state index is 0.723. The van der Waals surface area contributed by atoms with Gasteiger partial charge in [-0.15, -0.1) is 0 Å². The molecule has 1 aromatic heterocycles. The molecule has 0 aliphatic carbocycles. The summed E-state index contributed by atoms with van der Waals surface area (Å²) in [6.07, 6.45) is 0. The van der Waals surface area contributed by atoms with Crippen LogP contribution < -0.4 is 0 Å². The van der Waals surface area contributed by atoms with Crippen LogP contribution in [-0.2, 0) is 0 Å². The number of aromatic nitrogens is 2. The van der Waals surface area contributed by atoms with Crippen molar-refractivity contribution in [3.8, 4) is 56.2 Å². The first kappa shape index (κ1) is 23.1. The van der Waals surface area contributed by atoms with Crippen LogP contribution in [0.15, 0.2) is 144 Å². The third-order valence-corrected chi connectivity index (χ3v) is 6.86. The molecule has 0 amide bonds. The minimum absolute atomic E-state index is 0.723. The highest BCUT2D eigenvalue weighted by Gasteiger charge is 2.11. The molecule has 0 saturated heterocycles. The second-order valence-corrected chi connectivity index (χ2v) is 9.78. The van der Waals surface area contributed by atoms with E-state index in [0.717, 1.165) is 43.9 Å². The number of hydrogen-bond donors (Lipinski definition) is 0. The minimum Gasteiger partial charge on any atom is -0.228 e. The number of halogens is 1. The van der Waals surface area contributed by atoms with E-state index in [2.05, 4.69) is 113 Å². The first-order valence-electron chi connectivity index (χ1n) is 12.2. The molecule has 1 heterocycles. The van der Waals surface area contributed by atoms with Gasteiger partial charge in [-0.05, 0) is 46.5 Å². The largest absolute Gasteiger partial charge is 0.228 e. The Kier molecular flexibility index (Phi) is 6.45. The fourth-order valence-corrected chi connectivity index (χ4v) is 4.85. The van der Waals surface area contributed by atoms with E-state index < -0.39 is 0 Å². The summed E-state index contributed by atoms with van der Waals surface area (Å²) in [5.74, 6) is 0.723. The van der Waals surface area contributed by atoms with Gasteiger partial charge in [-0.1, -0.05) is 131 Å². The molecule has 0 saturated carbocycles. The smallest absolute Gasteiger partial charge is 0.160 e. The zero-order chi connectivity index (χ0) is 25.0. The number of benzene rings is 5. The molecule has 3 heteroatoms. The Balaban J connectivity index is 1.40. The normalized spacial score (nSPS) is 10.8. The highest BCUT2D eigenvalue weighted by molar-refractivity contribution is 9.10. The Bertz CT molecular complexity index is 1600. The molecule has 2 nitrogen and oxygen atoms in total. The van der Waals surface area contributed by atoms with E-state index in [4.69, 9.17) is 9.97 Å². The van der Waals surface area contributed by atoms with Crippen molar-refractivity contribution in [2.75, 3.05) is 0 Å². The zero-order valence-corrected chi connectivity index (χ0v) is 21.6. The van der Waals surface area contributed by atoms with E-state index in [0.29, 0.717) is 0 Å². The van der Waals surface area contributed by atoms with Gasteiger partial charge in [-0.3, -0.25) is 0 Å². The van der Waals surface area contributed by atoms with Crippen molar-refractivity contribution >= 4 is 15.9 Å². The lowest BCUT2D eigenvalue weighted by Gasteiger charge is -2.11. The van der Waals surface area contributed by atoms with Gasteiger partial charge in [0.1, 0.15) is 0 Å². The fourth-order valence-electron chi connectivity index (χ4n) is 4.45. The van der Waals surface area contributed by atoms with Crippen molar-refractivity contribution in [3.05, 3.63) is 144 Å². The predicted molar refractivity (Wildman–Crippen MR) is 157 cm³/mol. The first-order chi connectivity index (χ1) is 18.2. The summed E-state index contributed by atoms with van der Waals surface area (Å²) in [4.78, 5) is 9.89. The Morgan fingerprint density at radius 3 is 1.46 bits per heavy atom. The fraction of sp³-hybridized carbons (Fsp3) is 0. The average Bonchev–Trinajstić information content (AvgIpc) is 2.98. The van der Waals surface area contributed by atoms with Crippen LogP contribution in [0.2, 0.25) is 0 Å². The van der Waals surface area contributed by atoms with Gasteiger partial charge in [-0.2, -0.15) is 0 Å². The second kappa shape index (κ2) is 10.3. The Morgan fingerprint density at radius 2 is 0.838 bits per heavy atom.